The smallest absolute Gasteiger partial charge is 0.347 e. The lowest BCUT2D eigenvalue weighted by Crippen LogP contribution is -2.10. The van der Waals surface area contributed by atoms with Crippen LogP contribution in [-0.4, -0.2) is 30.4 Å². The van der Waals surface area contributed by atoms with Crippen molar-refractivity contribution in [2.45, 2.75) is 4.90 Å². The van der Waals surface area contributed by atoms with Crippen LogP contribution in [0.1, 0.15) is 10.4 Å². The SMILES string of the molecule is CS(=O)(=O)c1ccc(-c2nn(-c3cccc(F)c3)cc2C(=O)Oc2ccccc2N)cc1. The summed E-state index contributed by atoms with van der Waals surface area (Å²) in [5.41, 5.74) is 7.39. The molecule has 4 rings (SSSR count). The zero-order valence-corrected chi connectivity index (χ0v) is 17.7. The summed E-state index contributed by atoms with van der Waals surface area (Å²) in [4.78, 5) is 13.1. The summed E-state index contributed by atoms with van der Waals surface area (Å²) in [6.07, 6.45) is 2.53. The van der Waals surface area contributed by atoms with E-state index in [9.17, 15) is 17.6 Å². The molecule has 3 aromatic carbocycles. The summed E-state index contributed by atoms with van der Waals surface area (Å²) in [5, 5.41) is 4.44. The van der Waals surface area contributed by atoms with Gasteiger partial charge in [-0.25, -0.2) is 22.3 Å². The number of anilines is 1. The molecule has 1 heterocycles. The minimum atomic E-state index is -3.39. The molecule has 0 unspecified atom stereocenters. The van der Waals surface area contributed by atoms with E-state index in [1.165, 1.54) is 41.2 Å². The van der Waals surface area contributed by atoms with E-state index in [1.807, 2.05) is 0 Å². The van der Waals surface area contributed by atoms with Gasteiger partial charge in [-0.15, -0.1) is 0 Å². The first-order valence-corrected chi connectivity index (χ1v) is 11.3. The zero-order valence-electron chi connectivity index (χ0n) is 16.9. The second-order valence-electron chi connectivity index (χ2n) is 7.04. The van der Waals surface area contributed by atoms with E-state index < -0.39 is 21.6 Å². The average molecular weight is 451 g/mol. The van der Waals surface area contributed by atoms with Gasteiger partial charge in [0.05, 0.1) is 16.3 Å². The van der Waals surface area contributed by atoms with Crippen LogP contribution in [0.15, 0.2) is 83.9 Å². The number of carbonyl (C=O) groups is 1. The Balaban J connectivity index is 1.80. The van der Waals surface area contributed by atoms with Crippen LogP contribution in [0.3, 0.4) is 0 Å². The van der Waals surface area contributed by atoms with Gasteiger partial charge in [-0.2, -0.15) is 5.10 Å². The summed E-state index contributed by atoms with van der Waals surface area (Å²) in [5.74, 6) is -0.986. The van der Waals surface area contributed by atoms with Gasteiger partial charge in [-0.05, 0) is 42.5 Å². The maximum Gasteiger partial charge on any atom is 0.347 e. The molecule has 162 valence electrons. The van der Waals surface area contributed by atoms with Gasteiger partial charge in [0.2, 0.25) is 0 Å². The number of ether oxygens (including phenoxy) is 1. The number of nitrogens with zero attached hydrogens (tertiary/aromatic N) is 2. The van der Waals surface area contributed by atoms with Crippen LogP contribution < -0.4 is 10.5 Å². The Kier molecular flexibility index (Phi) is 5.50. The van der Waals surface area contributed by atoms with Crippen molar-refractivity contribution >= 4 is 21.5 Å². The first kappa shape index (κ1) is 21.3. The summed E-state index contributed by atoms with van der Waals surface area (Å²) < 4.78 is 44.1. The molecule has 9 heteroatoms. The number of esters is 1. The van der Waals surface area contributed by atoms with Gasteiger partial charge in [-0.1, -0.05) is 30.3 Å². The van der Waals surface area contributed by atoms with Crippen LogP contribution in [0.5, 0.6) is 5.75 Å². The fourth-order valence-corrected chi connectivity index (χ4v) is 3.71. The number of halogens is 1. The third-order valence-corrected chi connectivity index (χ3v) is 5.81. The van der Waals surface area contributed by atoms with Gasteiger partial charge in [0, 0.05) is 18.0 Å². The van der Waals surface area contributed by atoms with E-state index in [0.717, 1.165) is 6.26 Å². The van der Waals surface area contributed by atoms with E-state index in [-0.39, 0.29) is 27.6 Å². The highest BCUT2D eigenvalue weighted by Crippen LogP contribution is 2.28. The van der Waals surface area contributed by atoms with E-state index in [0.29, 0.717) is 11.3 Å². The van der Waals surface area contributed by atoms with Crippen LogP contribution in [-0.2, 0) is 9.84 Å². The second-order valence-corrected chi connectivity index (χ2v) is 9.06. The number of para-hydroxylation sites is 2. The lowest BCUT2D eigenvalue weighted by atomic mass is 10.1. The molecule has 0 aliphatic rings. The molecule has 4 aromatic rings. The zero-order chi connectivity index (χ0) is 22.9. The van der Waals surface area contributed by atoms with Crippen molar-refractivity contribution in [3.8, 4) is 22.7 Å². The molecule has 0 spiro atoms. The Morgan fingerprint density at radius 2 is 1.75 bits per heavy atom. The number of sulfone groups is 1. The normalized spacial score (nSPS) is 11.3. The Morgan fingerprint density at radius 3 is 2.41 bits per heavy atom. The molecule has 0 aliphatic heterocycles. The number of aromatic nitrogens is 2. The van der Waals surface area contributed by atoms with Crippen molar-refractivity contribution in [1.82, 2.24) is 9.78 Å². The van der Waals surface area contributed by atoms with Gasteiger partial charge < -0.3 is 10.5 Å². The first-order chi connectivity index (χ1) is 15.2. The average Bonchev–Trinajstić information content (AvgIpc) is 3.21. The summed E-state index contributed by atoms with van der Waals surface area (Å²) >= 11 is 0. The van der Waals surface area contributed by atoms with Crippen LogP contribution in [0.2, 0.25) is 0 Å². The fraction of sp³-hybridized carbons (Fsp3) is 0.0435. The van der Waals surface area contributed by atoms with Crippen LogP contribution in [0, 0.1) is 5.82 Å². The Morgan fingerprint density at radius 1 is 1.03 bits per heavy atom. The van der Waals surface area contributed by atoms with Gasteiger partial charge in [0.25, 0.3) is 0 Å². The van der Waals surface area contributed by atoms with E-state index in [1.54, 1.807) is 42.5 Å². The number of hydrogen-bond acceptors (Lipinski definition) is 6. The van der Waals surface area contributed by atoms with Gasteiger partial charge in [-0.3, -0.25) is 0 Å². The standard InChI is InChI=1S/C23H18FN3O4S/c1-32(29,30)18-11-9-15(10-12-18)22-19(23(28)31-21-8-3-2-7-20(21)25)14-27(26-22)17-6-4-5-16(24)13-17/h2-14H,25H2,1H3. The Labute approximate surface area is 183 Å². The number of hydrogen-bond donors (Lipinski definition) is 1. The molecule has 0 saturated carbocycles. The minimum absolute atomic E-state index is 0.101. The molecule has 0 saturated heterocycles. The van der Waals surface area contributed by atoms with Gasteiger partial charge in [0.1, 0.15) is 17.1 Å². The molecular formula is C23H18FN3O4S. The van der Waals surface area contributed by atoms with Crippen LogP contribution >= 0.6 is 0 Å². The Hall–Kier alpha value is -3.98. The highest BCUT2D eigenvalue weighted by molar-refractivity contribution is 7.90. The predicted octanol–water partition coefficient (Wildman–Crippen LogP) is 3.88. The lowest BCUT2D eigenvalue weighted by Gasteiger charge is -2.07. The predicted molar refractivity (Wildman–Crippen MR) is 118 cm³/mol. The maximum absolute atomic E-state index is 13.7. The number of rotatable bonds is 5. The van der Waals surface area contributed by atoms with E-state index in [2.05, 4.69) is 5.10 Å². The van der Waals surface area contributed by atoms with Gasteiger partial charge in [0.15, 0.2) is 15.6 Å². The van der Waals surface area contributed by atoms with Crippen molar-refractivity contribution in [1.29, 1.82) is 0 Å². The lowest BCUT2D eigenvalue weighted by molar-refractivity contribution is 0.0736. The van der Waals surface area contributed by atoms with Crippen molar-refractivity contribution in [2.24, 2.45) is 0 Å². The molecule has 0 radical (unpaired) electrons. The number of nitrogens with two attached hydrogens (primary N) is 1. The molecule has 7 nitrogen and oxygen atoms in total. The monoisotopic (exact) mass is 451 g/mol. The molecule has 0 amide bonds. The largest absolute Gasteiger partial charge is 0.421 e. The van der Waals surface area contributed by atoms with Crippen molar-refractivity contribution < 1.29 is 22.3 Å². The van der Waals surface area contributed by atoms with E-state index >= 15 is 0 Å². The third kappa shape index (κ3) is 4.37. The molecule has 32 heavy (non-hydrogen) atoms. The van der Waals surface area contributed by atoms with E-state index in [4.69, 9.17) is 10.5 Å². The first-order valence-electron chi connectivity index (χ1n) is 9.45. The number of benzene rings is 3. The van der Waals surface area contributed by atoms with Gasteiger partial charge >= 0.3 is 5.97 Å². The van der Waals surface area contributed by atoms with Crippen molar-refractivity contribution in [3.63, 3.8) is 0 Å². The maximum atomic E-state index is 13.7. The quantitative estimate of drug-likeness (QED) is 0.281. The Bertz CT molecular complexity index is 1410. The minimum Gasteiger partial charge on any atom is -0.421 e. The molecule has 0 atom stereocenters. The van der Waals surface area contributed by atoms with Crippen LogP contribution in [0.4, 0.5) is 10.1 Å². The number of carbonyl (C=O) groups excluding carboxylic acids is 1. The third-order valence-electron chi connectivity index (χ3n) is 4.68. The topological polar surface area (TPSA) is 104 Å². The van der Waals surface area contributed by atoms with Crippen LogP contribution in [0.25, 0.3) is 16.9 Å². The fourth-order valence-electron chi connectivity index (χ4n) is 3.08. The molecule has 0 aliphatic carbocycles. The number of nitrogen functional groups attached to an aromatic ring is 1. The highest BCUT2D eigenvalue weighted by atomic mass is 32.2. The molecular weight excluding hydrogens is 433 g/mol. The molecule has 1 aromatic heterocycles. The molecule has 2 N–H and O–H groups in total. The summed E-state index contributed by atoms with van der Waals surface area (Å²) in [6, 6.07) is 18.2. The van der Waals surface area contributed by atoms with Crippen molar-refractivity contribution in [3.05, 3.63) is 90.4 Å². The molecule has 0 fully saturated rings. The second kappa shape index (κ2) is 8.27. The summed E-state index contributed by atoms with van der Waals surface area (Å²) in [6.45, 7) is 0. The highest BCUT2D eigenvalue weighted by Gasteiger charge is 2.22. The molecule has 0 bridgehead atoms. The summed E-state index contributed by atoms with van der Waals surface area (Å²) in [7, 11) is -3.39. The van der Waals surface area contributed by atoms with Crippen molar-refractivity contribution in [2.75, 3.05) is 12.0 Å².